The summed E-state index contributed by atoms with van der Waals surface area (Å²) < 4.78 is 0. The maximum atomic E-state index is 11.9. The molecular weight excluding hydrogens is 256 g/mol. The standard InChI is InChI=1S/C15H16N2OS/c1-11-6-7-12(2)13(9-11)17-14(18)10-19-15-5-3-4-8-16-15/h3-9H,10H2,1-2H3,(H,17,18). The highest BCUT2D eigenvalue weighted by Gasteiger charge is 2.06. The summed E-state index contributed by atoms with van der Waals surface area (Å²) >= 11 is 1.43. The van der Waals surface area contributed by atoms with Gasteiger partial charge in [0.25, 0.3) is 0 Å². The van der Waals surface area contributed by atoms with Gasteiger partial charge < -0.3 is 5.32 Å². The molecule has 19 heavy (non-hydrogen) atoms. The molecule has 1 amide bonds. The zero-order chi connectivity index (χ0) is 13.7. The number of pyridine rings is 1. The Hall–Kier alpha value is -1.81. The molecule has 1 heterocycles. The summed E-state index contributed by atoms with van der Waals surface area (Å²) in [5.41, 5.74) is 3.09. The minimum Gasteiger partial charge on any atom is -0.325 e. The average molecular weight is 272 g/mol. The lowest BCUT2D eigenvalue weighted by Crippen LogP contribution is -2.15. The number of benzene rings is 1. The van der Waals surface area contributed by atoms with E-state index >= 15 is 0 Å². The third-order valence-corrected chi connectivity index (χ3v) is 3.60. The predicted octanol–water partition coefficient (Wildman–Crippen LogP) is 3.43. The molecule has 2 aromatic rings. The van der Waals surface area contributed by atoms with Crippen molar-refractivity contribution in [2.75, 3.05) is 11.1 Å². The number of rotatable bonds is 4. The Balaban J connectivity index is 1.93. The van der Waals surface area contributed by atoms with Crippen molar-refractivity contribution >= 4 is 23.4 Å². The van der Waals surface area contributed by atoms with Gasteiger partial charge in [0.2, 0.25) is 5.91 Å². The van der Waals surface area contributed by atoms with Crippen LogP contribution in [0.15, 0.2) is 47.6 Å². The third kappa shape index (κ3) is 4.10. The van der Waals surface area contributed by atoms with Gasteiger partial charge in [0.15, 0.2) is 0 Å². The van der Waals surface area contributed by atoms with E-state index in [9.17, 15) is 4.79 Å². The fourth-order valence-corrected chi connectivity index (χ4v) is 2.29. The van der Waals surface area contributed by atoms with Crippen LogP contribution in [0.4, 0.5) is 5.69 Å². The second kappa shape index (κ2) is 6.38. The Morgan fingerprint density at radius 3 is 2.84 bits per heavy atom. The number of thioether (sulfide) groups is 1. The van der Waals surface area contributed by atoms with E-state index in [0.29, 0.717) is 5.75 Å². The molecule has 98 valence electrons. The number of amides is 1. The molecule has 0 spiro atoms. The molecule has 1 aromatic heterocycles. The maximum absolute atomic E-state index is 11.9. The van der Waals surface area contributed by atoms with Gasteiger partial charge in [-0.05, 0) is 43.2 Å². The molecule has 0 fully saturated rings. The highest BCUT2D eigenvalue weighted by Crippen LogP contribution is 2.18. The molecule has 0 unspecified atom stereocenters. The van der Waals surface area contributed by atoms with Gasteiger partial charge >= 0.3 is 0 Å². The van der Waals surface area contributed by atoms with Crippen molar-refractivity contribution in [2.24, 2.45) is 0 Å². The fourth-order valence-electron chi connectivity index (χ4n) is 1.63. The van der Waals surface area contributed by atoms with Gasteiger partial charge in [-0.2, -0.15) is 0 Å². The van der Waals surface area contributed by atoms with E-state index in [1.54, 1.807) is 6.20 Å². The lowest BCUT2D eigenvalue weighted by atomic mass is 10.1. The third-order valence-electron chi connectivity index (χ3n) is 2.66. The van der Waals surface area contributed by atoms with Crippen LogP contribution in [0.3, 0.4) is 0 Å². The van der Waals surface area contributed by atoms with Crippen LogP contribution in [0.2, 0.25) is 0 Å². The molecule has 1 N–H and O–H groups in total. The molecule has 0 saturated carbocycles. The fraction of sp³-hybridized carbons (Fsp3) is 0.200. The predicted molar refractivity (Wildman–Crippen MR) is 79.5 cm³/mol. The SMILES string of the molecule is Cc1ccc(C)c(NC(=O)CSc2ccccn2)c1. The molecule has 0 aliphatic rings. The highest BCUT2D eigenvalue weighted by atomic mass is 32.2. The summed E-state index contributed by atoms with van der Waals surface area (Å²) in [5, 5.41) is 3.79. The van der Waals surface area contributed by atoms with Crippen LogP contribution in [0.25, 0.3) is 0 Å². The summed E-state index contributed by atoms with van der Waals surface area (Å²) in [7, 11) is 0. The smallest absolute Gasteiger partial charge is 0.234 e. The van der Waals surface area contributed by atoms with Gasteiger partial charge in [0.1, 0.15) is 0 Å². The van der Waals surface area contributed by atoms with Crippen LogP contribution >= 0.6 is 11.8 Å². The van der Waals surface area contributed by atoms with Crippen molar-refractivity contribution in [3.05, 3.63) is 53.7 Å². The summed E-state index contributed by atoms with van der Waals surface area (Å²) in [6.45, 7) is 4.00. The number of nitrogens with one attached hydrogen (secondary N) is 1. The summed E-state index contributed by atoms with van der Waals surface area (Å²) in [6, 6.07) is 11.7. The average Bonchev–Trinajstić information content (AvgIpc) is 2.42. The van der Waals surface area contributed by atoms with Crippen molar-refractivity contribution in [3.8, 4) is 0 Å². The van der Waals surface area contributed by atoms with Crippen LogP contribution in [0.1, 0.15) is 11.1 Å². The maximum Gasteiger partial charge on any atom is 0.234 e. The summed E-state index contributed by atoms with van der Waals surface area (Å²) in [5.74, 6) is 0.356. The van der Waals surface area contributed by atoms with E-state index in [4.69, 9.17) is 0 Å². The Kier molecular flexibility index (Phi) is 4.58. The molecule has 0 atom stereocenters. The first-order chi connectivity index (χ1) is 9.15. The molecule has 0 aliphatic heterocycles. The number of hydrogen-bond donors (Lipinski definition) is 1. The number of aryl methyl sites for hydroxylation is 2. The van der Waals surface area contributed by atoms with Crippen molar-refractivity contribution in [3.63, 3.8) is 0 Å². The Bertz CT molecular complexity index is 570. The van der Waals surface area contributed by atoms with Crippen LogP contribution < -0.4 is 5.32 Å². The first kappa shape index (κ1) is 13.6. The molecule has 1 aromatic carbocycles. The van der Waals surface area contributed by atoms with E-state index in [0.717, 1.165) is 21.8 Å². The largest absolute Gasteiger partial charge is 0.325 e. The quantitative estimate of drug-likeness (QED) is 0.867. The van der Waals surface area contributed by atoms with E-state index < -0.39 is 0 Å². The molecule has 0 saturated heterocycles. The van der Waals surface area contributed by atoms with E-state index in [2.05, 4.69) is 10.3 Å². The number of aromatic nitrogens is 1. The van der Waals surface area contributed by atoms with Crippen LogP contribution in [-0.4, -0.2) is 16.6 Å². The van der Waals surface area contributed by atoms with Gasteiger partial charge in [-0.1, -0.05) is 30.0 Å². The van der Waals surface area contributed by atoms with Gasteiger partial charge in [-0.15, -0.1) is 0 Å². The van der Waals surface area contributed by atoms with Gasteiger partial charge in [-0.25, -0.2) is 4.98 Å². The first-order valence-electron chi connectivity index (χ1n) is 6.06. The summed E-state index contributed by atoms with van der Waals surface area (Å²) in [6.07, 6.45) is 1.73. The van der Waals surface area contributed by atoms with Crippen LogP contribution in [0, 0.1) is 13.8 Å². The van der Waals surface area contributed by atoms with Crippen molar-refractivity contribution in [1.82, 2.24) is 4.98 Å². The lowest BCUT2D eigenvalue weighted by Gasteiger charge is -2.09. The van der Waals surface area contributed by atoms with E-state index in [-0.39, 0.29) is 5.91 Å². The van der Waals surface area contributed by atoms with Crippen molar-refractivity contribution in [1.29, 1.82) is 0 Å². The molecular formula is C15H16N2OS. The Morgan fingerprint density at radius 2 is 2.11 bits per heavy atom. The minimum atomic E-state index is -0.00986. The van der Waals surface area contributed by atoms with Crippen LogP contribution in [-0.2, 0) is 4.79 Å². The number of carbonyl (C=O) groups is 1. The molecule has 0 bridgehead atoms. The van der Waals surface area contributed by atoms with Gasteiger partial charge in [-0.3, -0.25) is 4.79 Å². The highest BCUT2D eigenvalue weighted by molar-refractivity contribution is 7.99. The van der Waals surface area contributed by atoms with Gasteiger partial charge in [0.05, 0.1) is 10.8 Å². The minimum absolute atomic E-state index is 0.00986. The van der Waals surface area contributed by atoms with Gasteiger partial charge in [0, 0.05) is 11.9 Å². The number of carbonyl (C=O) groups excluding carboxylic acids is 1. The topological polar surface area (TPSA) is 42.0 Å². The normalized spacial score (nSPS) is 10.2. The summed E-state index contributed by atoms with van der Waals surface area (Å²) in [4.78, 5) is 16.1. The molecule has 3 nitrogen and oxygen atoms in total. The van der Waals surface area contributed by atoms with E-state index in [1.807, 2.05) is 50.2 Å². The number of hydrogen-bond acceptors (Lipinski definition) is 3. The molecule has 0 aliphatic carbocycles. The molecule has 4 heteroatoms. The van der Waals surface area contributed by atoms with Crippen LogP contribution in [0.5, 0.6) is 0 Å². The zero-order valence-corrected chi connectivity index (χ0v) is 11.8. The number of nitrogens with zero attached hydrogens (tertiary/aromatic N) is 1. The zero-order valence-electron chi connectivity index (χ0n) is 11.0. The molecule has 0 radical (unpaired) electrons. The van der Waals surface area contributed by atoms with Crippen molar-refractivity contribution < 1.29 is 4.79 Å². The van der Waals surface area contributed by atoms with E-state index in [1.165, 1.54) is 11.8 Å². The number of anilines is 1. The van der Waals surface area contributed by atoms with Crippen molar-refractivity contribution in [2.45, 2.75) is 18.9 Å². The Morgan fingerprint density at radius 1 is 1.26 bits per heavy atom. The Labute approximate surface area is 117 Å². The molecule has 2 rings (SSSR count). The lowest BCUT2D eigenvalue weighted by molar-refractivity contribution is -0.113. The monoisotopic (exact) mass is 272 g/mol. The second-order valence-electron chi connectivity index (χ2n) is 4.32. The first-order valence-corrected chi connectivity index (χ1v) is 7.04. The second-order valence-corrected chi connectivity index (χ2v) is 5.32.